The normalized spacial score (nSPS) is 21.1. The summed E-state index contributed by atoms with van der Waals surface area (Å²) in [6, 6.07) is 1.13. The summed E-state index contributed by atoms with van der Waals surface area (Å²) in [7, 11) is 6.06. The average molecular weight is 2570 g/mol. The van der Waals surface area contributed by atoms with E-state index in [1.807, 2.05) is 14.1 Å². The summed E-state index contributed by atoms with van der Waals surface area (Å²) in [5.41, 5.74) is -1.30. The molecule has 0 amide bonds. The number of halogens is 7. The van der Waals surface area contributed by atoms with Gasteiger partial charge in [0.25, 0.3) is 5.92 Å². The van der Waals surface area contributed by atoms with Gasteiger partial charge in [0.2, 0.25) is 0 Å². The molecule has 0 bridgehead atoms. The zero-order valence-electron chi connectivity index (χ0n) is 90.0. The number of hydrogen-bond acceptors (Lipinski definition) is 24. The minimum Gasteiger partial charge on any atom is -0.694 e. The second kappa shape index (κ2) is 86.1. The van der Waals surface area contributed by atoms with Gasteiger partial charge in [-0.2, -0.15) is 30.7 Å². The summed E-state index contributed by atoms with van der Waals surface area (Å²) in [6.07, 6.45) is 64.7. The predicted molar refractivity (Wildman–Crippen MR) is 532 cm³/mol. The van der Waals surface area contributed by atoms with Crippen LogP contribution in [0.4, 0.5) is 30.7 Å². The van der Waals surface area contributed by atoms with Crippen LogP contribution in [0.1, 0.15) is 189 Å². The van der Waals surface area contributed by atoms with Crippen molar-refractivity contribution >= 4 is 0 Å². The zero-order valence-corrected chi connectivity index (χ0v) is 110. The molecule has 0 aromatic rings. The van der Waals surface area contributed by atoms with E-state index in [-0.39, 0.29) is 303 Å². The van der Waals surface area contributed by atoms with Crippen LogP contribution in [0.2, 0.25) is 0 Å². The van der Waals surface area contributed by atoms with E-state index >= 15 is 0 Å². The molecule has 7 radical (unpaired) electrons. The third-order valence-electron chi connectivity index (χ3n) is 30.0. The van der Waals surface area contributed by atoms with E-state index in [4.69, 9.17) is 78.1 Å². The van der Waals surface area contributed by atoms with Crippen molar-refractivity contribution < 1.29 is 298 Å². The maximum atomic E-state index is 13.4. The van der Waals surface area contributed by atoms with Crippen LogP contribution in [-0.2, 0) is 267 Å². The minimum absolute atomic E-state index is 0. The van der Waals surface area contributed by atoms with Crippen molar-refractivity contribution in [3.8, 4) is 41.4 Å². The first-order valence-corrected chi connectivity index (χ1v) is 52.6. The second-order valence-corrected chi connectivity index (χ2v) is 40.2. The van der Waals surface area contributed by atoms with Crippen molar-refractivity contribution in [2.45, 2.75) is 241 Å². The minimum atomic E-state index is -4.43. The van der Waals surface area contributed by atoms with Gasteiger partial charge >= 0.3 is 12.4 Å². The van der Waals surface area contributed by atoms with Crippen molar-refractivity contribution in [3.05, 3.63) is 45.0 Å². The third-order valence-corrected chi connectivity index (χ3v) is 30.0. The van der Waals surface area contributed by atoms with Crippen molar-refractivity contribution in [3.63, 3.8) is 0 Å². The van der Waals surface area contributed by atoms with E-state index < -0.39 is 23.9 Å². The van der Waals surface area contributed by atoms with E-state index in [1.165, 1.54) is 142 Å². The Hall–Kier alpha value is 3.20. The second-order valence-electron chi connectivity index (χ2n) is 40.2. The summed E-state index contributed by atoms with van der Waals surface area (Å²) in [5, 5.41) is 22.3. The average Bonchev–Trinajstić information content (AvgIpc) is 1.70. The molecule has 2 saturated carbocycles. The maximum absolute atomic E-state index is 13.4. The van der Waals surface area contributed by atoms with Gasteiger partial charge in [-0.15, -0.1) is 0 Å². The van der Waals surface area contributed by atoms with E-state index in [9.17, 15) is 30.7 Å². The van der Waals surface area contributed by atoms with Gasteiger partial charge in [0.1, 0.15) is 5.60 Å². The summed E-state index contributed by atoms with van der Waals surface area (Å²) in [5.74, 6) is 16.1. The van der Waals surface area contributed by atoms with Crippen LogP contribution in [0.5, 0.6) is 0 Å². The Balaban J connectivity index is 0. The molecule has 2 atom stereocenters. The Morgan fingerprint density at radius 2 is 0.772 bits per heavy atom. The number of piperidine rings is 3. The van der Waals surface area contributed by atoms with Gasteiger partial charge in [0.15, 0.2) is 0 Å². The molecule has 10 heterocycles. The topological polar surface area (TPSA) is 187 Å². The quantitative estimate of drug-likeness (QED) is 0.0100. The van der Waals surface area contributed by atoms with Gasteiger partial charge < -0.3 is 179 Å². The van der Waals surface area contributed by atoms with Crippen LogP contribution in [0.3, 0.4) is 0 Å². The van der Waals surface area contributed by atoms with Crippen LogP contribution in [0.25, 0.3) is 0 Å². The molecule has 0 spiro atoms. The van der Waals surface area contributed by atoms with Gasteiger partial charge in [0.05, 0.1) is 89.4 Å². The van der Waals surface area contributed by atoms with Crippen molar-refractivity contribution in [1.82, 2.24) is 81.3 Å². The number of likely N-dealkylation sites (tertiary alicyclic amines) is 7. The van der Waals surface area contributed by atoms with E-state index in [0.717, 1.165) is 245 Å². The first kappa shape index (κ1) is 150. The van der Waals surface area contributed by atoms with Crippen molar-refractivity contribution in [2.75, 3.05) is 323 Å². The molecular formula is C107H178F7N16O8Y7-7. The van der Waals surface area contributed by atoms with Crippen molar-refractivity contribution in [1.29, 1.82) is 0 Å². The molecule has 811 valence electrons. The number of hydrogen-bond donors (Lipinski definition) is 7. The Morgan fingerprint density at radius 1 is 0.379 bits per heavy atom. The predicted octanol–water partition coefficient (Wildman–Crippen LogP) is 10.0. The monoisotopic (exact) mass is 2570 g/mol. The molecule has 7 N–H and O–H groups in total. The van der Waals surface area contributed by atoms with Gasteiger partial charge in [-0.1, -0.05) is 66.7 Å². The summed E-state index contributed by atoms with van der Waals surface area (Å²) >= 11 is 0. The molecule has 10 aliphatic heterocycles. The van der Waals surface area contributed by atoms with Crippen LogP contribution in [0, 0.1) is 121 Å². The van der Waals surface area contributed by atoms with Gasteiger partial charge in [-0.3, -0.25) is 21.6 Å². The summed E-state index contributed by atoms with van der Waals surface area (Å²) in [6.45, 7) is 49.8. The van der Waals surface area contributed by atoms with E-state index in [2.05, 4.69) is 152 Å². The molecular weight excluding hydrogens is 2390 g/mol. The SMILES string of the molecule is [C-]#CC(F)(F)CCCOCCN1CCC(NC)C1.[C-]#CC(F)(F)OCCNCCN1CCC(NC)C1.[C-]#CC1(CCCOCCN2CC(CC)C2)CC1.[C-]#CC1(OCCNCCN2CC(CC)C2)CC1.[C-]#CCC1(N(C)CCOCCN2CCC(CC)CC2)CNC1.[C-]#CCC1(N(CCOCCN2CCC(CC)CC2)C(F)(F)F)CNC1.[C-]#CCC1(OCCOCCN2CCC(CC)CC2)CNC1.[Y].[Y].[Y].[Y].[Y].[Y].[Y]. The molecule has 2 unspecified atom stereocenters. The molecule has 0 aromatic heterocycles. The smallest absolute Gasteiger partial charge is 0.460 e. The Labute approximate surface area is 1050 Å². The number of alkyl halides is 7. The Morgan fingerprint density at radius 3 is 1.15 bits per heavy atom. The van der Waals surface area contributed by atoms with Gasteiger partial charge in [0, 0.05) is 431 Å². The van der Waals surface area contributed by atoms with Gasteiger partial charge in [-0.25, -0.2) is 4.90 Å². The number of rotatable bonds is 59. The summed E-state index contributed by atoms with van der Waals surface area (Å²) < 4.78 is 134. The molecule has 10 saturated heterocycles. The van der Waals surface area contributed by atoms with Crippen LogP contribution < -0.4 is 37.2 Å². The molecule has 0 aromatic carbocycles. The molecule has 24 nitrogen and oxygen atoms in total. The van der Waals surface area contributed by atoms with Crippen LogP contribution in [0.15, 0.2) is 0 Å². The number of likely N-dealkylation sites (N-methyl/N-ethyl adjacent to an activating group) is 3. The fraction of sp³-hybridized carbons (Fsp3) is 0.869. The Kier molecular flexibility index (Phi) is 89.2. The number of nitrogens with zero attached hydrogens (tertiary/aromatic N) is 9. The number of nitrogens with one attached hydrogen (secondary N) is 7. The van der Waals surface area contributed by atoms with E-state index in [0.29, 0.717) is 76.0 Å². The van der Waals surface area contributed by atoms with Crippen LogP contribution >= 0.6 is 0 Å². The molecule has 12 fully saturated rings. The van der Waals surface area contributed by atoms with Crippen molar-refractivity contribution in [2.24, 2.45) is 35.0 Å². The summed E-state index contributed by atoms with van der Waals surface area (Å²) in [4.78, 5) is 19.8. The molecule has 12 aliphatic rings. The largest absolute Gasteiger partial charge is 0.694 e. The molecule has 38 heteroatoms. The first-order chi connectivity index (χ1) is 66.6. The molecule has 2 aliphatic carbocycles. The third kappa shape index (κ3) is 62.3. The first-order valence-electron chi connectivity index (χ1n) is 52.6. The zero-order chi connectivity index (χ0) is 100. The number of ether oxygens (including phenoxy) is 8. The fourth-order valence-electron chi connectivity index (χ4n) is 18.9. The van der Waals surface area contributed by atoms with Crippen LogP contribution in [-0.4, -0.2) is 420 Å². The maximum Gasteiger partial charge on any atom is 0.460 e. The van der Waals surface area contributed by atoms with Gasteiger partial charge in [-0.05, 0) is 218 Å². The molecule has 145 heavy (non-hydrogen) atoms. The standard InChI is InChI=1S/C18H29F3N3O.C18H32N3O.C17H29N2O2.C15H24NO.C14H23N2O.C13H21F2N2O.C12H20F2N3O.7Y/c1-3-7-17(14-22-15-17)24(18(19,20)21)11-13-25-12-10-23-8-5-16(4-2)6-9-23;1-4-8-18(15-19-16-18)20(3)11-13-22-14-12-21-9-6-17(5-2)7-10-21;1-3-7-17(14-18-15-17)21-13-12-20-11-10-19-8-5-16(4-2)6-9-19;1-3-14-12-16(13-14)9-11-17-10-5-6-15(4-2)7-8-15;1-3-13-11-16(12-13)9-7-15-8-10-17-14(4-2)5-6-14;1-3-13(14,15)6-4-9-18-10-8-17-7-5-12(11-17)16-2;1-3-12(13,14)18-9-6-16-5-8-17-7-4-11(10-17)15-2;;;;;;;/h16,22H,4-15H2,2H3;17,19H,5-16H2,2-3H3;16,18H,4-15H2,2H3;14H,3,5-13H2,1H3;13,15H,3,5-12H2,1H3;12,16H,4-11H2,2H3;11,15-16H,4-10H2,2H3;;;;;;;/q7*-1;;;;;;;. The Bertz CT molecular complexity index is 3410. The molecule has 12 rings (SSSR count). The van der Waals surface area contributed by atoms with E-state index in [1.54, 1.807) is 0 Å². The fourth-order valence-corrected chi connectivity index (χ4v) is 18.9.